The molecule has 0 heterocycles. The zero-order valence-electron chi connectivity index (χ0n) is 22.7. The molecule has 0 bridgehead atoms. The normalized spacial score (nSPS) is 36.4. The van der Waals surface area contributed by atoms with Crippen molar-refractivity contribution in [1.29, 1.82) is 0 Å². The smallest absolute Gasteiger partial charge is 0.411 e. The fraction of sp³-hybridized carbons (Fsp3) is 0.529. The number of Topliss-reactive ketones (excluding diaryl/α,β-unsaturated/α-hetero) is 1. The Morgan fingerprint density at radius 2 is 1.66 bits per heavy atom. The number of nitrogens with one attached hydrogen (secondary N) is 1. The van der Waals surface area contributed by atoms with Crippen molar-refractivity contribution in [3.05, 3.63) is 54.6 Å². The fourth-order valence-electron chi connectivity index (χ4n) is 9.46. The summed E-state index contributed by atoms with van der Waals surface area (Å²) in [6.07, 6.45) is 9.26. The van der Waals surface area contributed by atoms with Crippen molar-refractivity contribution in [2.24, 2.45) is 34.5 Å². The highest BCUT2D eigenvalue weighted by atomic mass is 16.6. The van der Waals surface area contributed by atoms with Crippen LogP contribution in [0.2, 0.25) is 0 Å². The molecule has 0 saturated heterocycles. The van der Waals surface area contributed by atoms with Gasteiger partial charge in [-0.3, -0.25) is 10.1 Å². The van der Waals surface area contributed by atoms with Crippen LogP contribution in [0.3, 0.4) is 0 Å². The van der Waals surface area contributed by atoms with Crippen molar-refractivity contribution < 1.29 is 14.3 Å². The van der Waals surface area contributed by atoms with Gasteiger partial charge in [-0.1, -0.05) is 50.2 Å². The number of hydrogen-bond donors (Lipinski definition) is 1. The summed E-state index contributed by atoms with van der Waals surface area (Å²) >= 11 is 0. The van der Waals surface area contributed by atoms with E-state index in [0.717, 1.165) is 60.4 Å². The van der Waals surface area contributed by atoms with Gasteiger partial charge in [0.2, 0.25) is 0 Å². The van der Waals surface area contributed by atoms with E-state index < -0.39 is 0 Å². The van der Waals surface area contributed by atoms with E-state index in [1.807, 2.05) is 18.2 Å². The Hall–Kier alpha value is -2.88. The van der Waals surface area contributed by atoms with Crippen LogP contribution in [0.1, 0.15) is 71.6 Å². The van der Waals surface area contributed by atoms with Crippen molar-refractivity contribution in [1.82, 2.24) is 0 Å². The molecule has 7 atom stereocenters. The Morgan fingerprint density at radius 3 is 2.50 bits per heavy atom. The molecule has 0 unspecified atom stereocenters. The van der Waals surface area contributed by atoms with Gasteiger partial charge < -0.3 is 4.74 Å². The lowest BCUT2D eigenvalue weighted by Gasteiger charge is -2.60. The van der Waals surface area contributed by atoms with E-state index in [-0.39, 0.29) is 17.6 Å². The van der Waals surface area contributed by atoms with E-state index in [9.17, 15) is 9.59 Å². The molecule has 7 rings (SSSR count). The van der Waals surface area contributed by atoms with E-state index in [1.165, 1.54) is 24.6 Å². The van der Waals surface area contributed by atoms with Crippen molar-refractivity contribution in [2.45, 2.75) is 77.7 Å². The van der Waals surface area contributed by atoms with Gasteiger partial charge in [-0.2, -0.15) is 0 Å². The second-order valence-electron chi connectivity index (χ2n) is 13.2. The van der Waals surface area contributed by atoms with E-state index in [2.05, 4.69) is 55.6 Å². The molecular formula is C34H39NO3. The average Bonchev–Trinajstić information content (AvgIpc) is 3.22. The summed E-state index contributed by atoms with van der Waals surface area (Å²) in [7, 11) is 0. The van der Waals surface area contributed by atoms with Gasteiger partial charge in [-0.25, -0.2) is 4.79 Å². The van der Waals surface area contributed by atoms with Crippen molar-refractivity contribution in [3.63, 3.8) is 0 Å². The maximum absolute atomic E-state index is 13.1. The van der Waals surface area contributed by atoms with Gasteiger partial charge >= 0.3 is 6.09 Å². The molecule has 38 heavy (non-hydrogen) atoms. The van der Waals surface area contributed by atoms with Crippen LogP contribution in [0.5, 0.6) is 0 Å². The second-order valence-corrected chi connectivity index (χ2v) is 13.2. The van der Waals surface area contributed by atoms with Crippen LogP contribution >= 0.6 is 0 Å². The molecule has 1 N–H and O–H groups in total. The van der Waals surface area contributed by atoms with Gasteiger partial charge in [0.05, 0.1) is 5.69 Å². The Morgan fingerprint density at radius 1 is 0.868 bits per heavy atom. The summed E-state index contributed by atoms with van der Waals surface area (Å²) in [6.45, 7) is 4.78. The number of benzene rings is 3. The van der Waals surface area contributed by atoms with Crippen LogP contribution in [-0.4, -0.2) is 18.0 Å². The first-order chi connectivity index (χ1) is 18.3. The third kappa shape index (κ3) is 3.70. The number of hydrogen-bond acceptors (Lipinski definition) is 3. The second kappa shape index (κ2) is 8.83. The van der Waals surface area contributed by atoms with E-state index in [1.54, 1.807) is 0 Å². The van der Waals surface area contributed by atoms with Gasteiger partial charge in [0.25, 0.3) is 0 Å². The SMILES string of the molecule is C[C@]12CC[C@H](OC(=O)Nc3cccc4cc5ccccc5cc34)C[C@@H]1CC[C@@H]1[C@@H]2CC[C@]2(C)C(=O)CC[C@@H]12. The standard InChI is InChI=1S/C34H39NO3/c1-33-16-14-25(20-24(33)10-11-26-28-12-13-31(36)34(28,2)17-15-29(26)33)38-32(37)35-30-9-5-8-23-18-21-6-3-4-7-22(21)19-27(23)30/h3-9,18-19,24-26,28-29H,10-17,20H2,1-2H3,(H,35,37)/t24-,25-,26-,28-,29-,33-,34-/m0/s1. The molecule has 4 aliphatic carbocycles. The number of carbonyl (C=O) groups is 2. The first-order valence-electron chi connectivity index (χ1n) is 14.8. The predicted molar refractivity (Wildman–Crippen MR) is 152 cm³/mol. The molecule has 3 aromatic rings. The van der Waals surface area contributed by atoms with E-state index in [4.69, 9.17) is 4.74 Å². The summed E-state index contributed by atoms with van der Waals surface area (Å²) < 4.78 is 6.07. The van der Waals surface area contributed by atoms with Crippen LogP contribution in [-0.2, 0) is 9.53 Å². The van der Waals surface area contributed by atoms with Crippen molar-refractivity contribution in [3.8, 4) is 0 Å². The molecule has 0 aromatic heterocycles. The molecule has 1 amide bonds. The lowest BCUT2D eigenvalue weighted by Crippen LogP contribution is -2.54. The molecule has 0 aliphatic heterocycles. The molecule has 0 spiro atoms. The highest BCUT2D eigenvalue weighted by Crippen LogP contribution is 2.65. The topological polar surface area (TPSA) is 55.4 Å². The van der Waals surface area contributed by atoms with Crippen molar-refractivity contribution in [2.75, 3.05) is 5.32 Å². The van der Waals surface area contributed by atoms with Gasteiger partial charge in [-0.15, -0.1) is 0 Å². The highest BCUT2D eigenvalue weighted by molar-refractivity contribution is 6.06. The first kappa shape index (κ1) is 24.2. The minimum Gasteiger partial charge on any atom is -0.446 e. The van der Waals surface area contributed by atoms with Gasteiger partial charge in [0.15, 0.2) is 0 Å². The van der Waals surface area contributed by atoms with Crippen LogP contribution < -0.4 is 5.32 Å². The molecule has 3 aromatic carbocycles. The maximum atomic E-state index is 13.1. The summed E-state index contributed by atoms with van der Waals surface area (Å²) in [4.78, 5) is 25.8. The monoisotopic (exact) mass is 509 g/mol. The van der Waals surface area contributed by atoms with Crippen LogP contribution in [0.15, 0.2) is 54.6 Å². The Balaban J connectivity index is 1.04. The van der Waals surface area contributed by atoms with E-state index in [0.29, 0.717) is 34.9 Å². The molecule has 4 fully saturated rings. The number of fused-ring (bicyclic) bond motifs is 7. The quantitative estimate of drug-likeness (QED) is 0.352. The highest BCUT2D eigenvalue weighted by Gasteiger charge is 2.60. The first-order valence-corrected chi connectivity index (χ1v) is 14.8. The largest absolute Gasteiger partial charge is 0.446 e. The van der Waals surface area contributed by atoms with E-state index >= 15 is 0 Å². The molecule has 0 radical (unpaired) electrons. The third-order valence-electron chi connectivity index (χ3n) is 11.6. The van der Waals surface area contributed by atoms with Crippen molar-refractivity contribution >= 4 is 39.1 Å². The Labute approximate surface area is 225 Å². The molecular weight excluding hydrogens is 470 g/mol. The molecule has 4 aliphatic rings. The fourth-order valence-corrected chi connectivity index (χ4v) is 9.46. The van der Waals surface area contributed by atoms with Gasteiger partial charge in [0.1, 0.15) is 11.9 Å². The Bertz CT molecular complexity index is 1430. The molecule has 4 nitrogen and oxygen atoms in total. The number of carbonyl (C=O) groups excluding carboxylic acids is 2. The maximum Gasteiger partial charge on any atom is 0.411 e. The summed E-state index contributed by atoms with van der Waals surface area (Å²) in [5.41, 5.74) is 1.05. The summed E-state index contributed by atoms with van der Waals surface area (Å²) in [5.74, 6) is 3.12. The minimum atomic E-state index is -0.342. The number of ether oxygens (including phenoxy) is 1. The van der Waals surface area contributed by atoms with Gasteiger partial charge in [0, 0.05) is 17.2 Å². The third-order valence-corrected chi connectivity index (χ3v) is 11.6. The number of amides is 1. The number of rotatable bonds is 2. The molecule has 4 heteroatoms. The minimum absolute atomic E-state index is 0.0256. The molecule has 198 valence electrons. The average molecular weight is 510 g/mol. The Kier molecular flexibility index (Phi) is 5.62. The lowest BCUT2D eigenvalue weighted by atomic mass is 9.45. The van der Waals surface area contributed by atoms with Crippen LogP contribution in [0, 0.1) is 34.5 Å². The predicted octanol–water partition coefficient (Wildman–Crippen LogP) is 8.52. The molecule has 4 saturated carbocycles. The van der Waals surface area contributed by atoms with Gasteiger partial charge in [-0.05, 0) is 115 Å². The lowest BCUT2D eigenvalue weighted by molar-refractivity contribution is -0.142. The summed E-state index contributed by atoms with van der Waals surface area (Å²) in [6, 6.07) is 18.7. The summed E-state index contributed by atoms with van der Waals surface area (Å²) in [5, 5.41) is 7.57. The van der Waals surface area contributed by atoms with Crippen LogP contribution in [0.4, 0.5) is 10.5 Å². The zero-order valence-corrected chi connectivity index (χ0v) is 22.7. The van der Waals surface area contributed by atoms with Crippen LogP contribution in [0.25, 0.3) is 21.5 Å². The number of anilines is 1. The number of ketones is 1. The zero-order chi connectivity index (χ0) is 26.1.